The first-order valence-electron chi connectivity index (χ1n) is 11.3. The lowest BCUT2D eigenvalue weighted by Crippen LogP contribution is -2.26. The van der Waals surface area contributed by atoms with E-state index in [-0.39, 0.29) is 18.2 Å². The number of nitrogens with zero attached hydrogens (tertiary/aromatic N) is 4. The Morgan fingerprint density at radius 3 is 2.43 bits per heavy atom. The highest BCUT2D eigenvalue weighted by atomic mass is 16.3. The van der Waals surface area contributed by atoms with Gasteiger partial charge in [0.05, 0.1) is 24.9 Å². The molecule has 0 unspecified atom stereocenters. The number of hydrogen-bond donors (Lipinski definition) is 2. The first kappa shape index (κ1) is 23.9. The SMILES string of the molecule is Cc1cc(C)nc(-n2nc(C)c(CC(=O)NCc3cccc(C(=O)NCc4ccco4)c3)c2C)n1. The molecule has 9 nitrogen and oxygen atoms in total. The second-order valence-corrected chi connectivity index (χ2v) is 8.43. The zero-order valence-corrected chi connectivity index (χ0v) is 20.3. The third-order valence-electron chi connectivity index (χ3n) is 5.62. The molecule has 0 spiro atoms. The van der Waals surface area contributed by atoms with Crippen molar-refractivity contribution in [3.63, 3.8) is 0 Å². The molecule has 0 aliphatic carbocycles. The largest absolute Gasteiger partial charge is 0.467 e. The van der Waals surface area contributed by atoms with Crippen LogP contribution in [0.15, 0.2) is 53.1 Å². The van der Waals surface area contributed by atoms with Crippen LogP contribution >= 0.6 is 0 Å². The number of nitrogens with one attached hydrogen (secondary N) is 2. The molecule has 0 aliphatic rings. The maximum Gasteiger partial charge on any atom is 0.251 e. The Hall–Kier alpha value is -4.27. The van der Waals surface area contributed by atoms with Crippen LogP contribution in [0.5, 0.6) is 0 Å². The molecule has 180 valence electrons. The van der Waals surface area contributed by atoms with Crippen LogP contribution in [-0.2, 0) is 24.3 Å². The fourth-order valence-corrected chi connectivity index (χ4v) is 3.86. The first-order valence-corrected chi connectivity index (χ1v) is 11.3. The van der Waals surface area contributed by atoms with Crippen molar-refractivity contribution in [1.82, 2.24) is 30.4 Å². The number of amides is 2. The lowest BCUT2D eigenvalue weighted by molar-refractivity contribution is -0.120. The summed E-state index contributed by atoms with van der Waals surface area (Å²) >= 11 is 0. The summed E-state index contributed by atoms with van der Waals surface area (Å²) in [4.78, 5) is 34.1. The van der Waals surface area contributed by atoms with Crippen LogP contribution in [0.2, 0.25) is 0 Å². The van der Waals surface area contributed by atoms with Crippen molar-refractivity contribution in [2.24, 2.45) is 0 Å². The molecule has 3 aromatic heterocycles. The molecule has 0 aliphatic heterocycles. The molecule has 1 aromatic carbocycles. The molecule has 3 heterocycles. The predicted molar refractivity (Wildman–Crippen MR) is 130 cm³/mol. The smallest absolute Gasteiger partial charge is 0.251 e. The van der Waals surface area contributed by atoms with Crippen molar-refractivity contribution >= 4 is 11.8 Å². The van der Waals surface area contributed by atoms with Gasteiger partial charge in [-0.15, -0.1) is 0 Å². The number of benzene rings is 1. The highest BCUT2D eigenvalue weighted by Gasteiger charge is 2.18. The quantitative estimate of drug-likeness (QED) is 0.407. The summed E-state index contributed by atoms with van der Waals surface area (Å²) in [5.41, 5.74) is 5.50. The fraction of sp³-hybridized carbons (Fsp3) is 0.269. The van der Waals surface area contributed by atoms with Crippen LogP contribution in [0, 0.1) is 27.7 Å². The standard InChI is InChI=1S/C26H28N6O3/c1-16-11-17(2)30-26(29-16)32-19(4)23(18(3)31-32)13-24(33)27-14-20-7-5-8-21(12-20)25(34)28-15-22-9-6-10-35-22/h5-12H,13-15H2,1-4H3,(H,27,33)(H,28,34). The monoisotopic (exact) mass is 472 g/mol. The molecular formula is C26H28N6O3. The molecule has 4 rings (SSSR count). The molecule has 4 aromatic rings. The lowest BCUT2D eigenvalue weighted by atomic mass is 10.1. The molecule has 0 saturated carbocycles. The Kier molecular flexibility index (Phi) is 7.05. The molecule has 9 heteroatoms. The molecule has 0 bridgehead atoms. The highest BCUT2D eigenvalue weighted by molar-refractivity contribution is 5.94. The van der Waals surface area contributed by atoms with Crippen molar-refractivity contribution in [2.75, 3.05) is 0 Å². The molecular weight excluding hydrogens is 444 g/mol. The number of carbonyl (C=O) groups excluding carboxylic acids is 2. The number of furan rings is 1. The van der Waals surface area contributed by atoms with Gasteiger partial charge in [0.15, 0.2) is 0 Å². The topological polar surface area (TPSA) is 115 Å². The molecule has 0 fully saturated rings. The number of rotatable bonds is 8. The number of aromatic nitrogens is 4. The summed E-state index contributed by atoms with van der Waals surface area (Å²) < 4.78 is 6.92. The maximum atomic E-state index is 12.7. The summed E-state index contributed by atoms with van der Waals surface area (Å²) in [6.07, 6.45) is 1.75. The van der Waals surface area contributed by atoms with E-state index in [2.05, 4.69) is 25.7 Å². The third kappa shape index (κ3) is 5.81. The Morgan fingerprint density at radius 2 is 1.71 bits per heavy atom. The van der Waals surface area contributed by atoms with E-state index < -0.39 is 0 Å². The first-order chi connectivity index (χ1) is 16.8. The summed E-state index contributed by atoms with van der Waals surface area (Å²) in [5.74, 6) is 0.836. The van der Waals surface area contributed by atoms with Crippen LogP contribution in [0.1, 0.15) is 50.0 Å². The van der Waals surface area contributed by atoms with Gasteiger partial charge in [0, 0.05) is 34.8 Å². The second-order valence-electron chi connectivity index (χ2n) is 8.43. The molecule has 2 amide bonds. The Morgan fingerprint density at radius 1 is 0.943 bits per heavy atom. The van der Waals surface area contributed by atoms with Crippen molar-refractivity contribution in [1.29, 1.82) is 0 Å². The average molecular weight is 473 g/mol. The minimum atomic E-state index is -0.207. The average Bonchev–Trinajstić information content (AvgIpc) is 3.44. The third-order valence-corrected chi connectivity index (χ3v) is 5.62. The van der Waals surface area contributed by atoms with Crippen molar-refractivity contribution in [3.8, 4) is 5.95 Å². The van der Waals surface area contributed by atoms with Gasteiger partial charge in [0.1, 0.15) is 5.76 Å². The number of carbonyl (C=O) groups is 2. The van der Waals surface area contributed by atoms with E-state index in [1.54, 1.807) is 41.3 Å². The molecule has 0 saturated heterocycles. The van der Waals surface area contributed by atoms with Gasteiger partial charge in [-0.2, -0.15) is 5.10 Å². The van der Waals surface area contributed by atoms with Crippen molar-refractivity contribution in [3.05, 3.63) is 94.0 Å². The van der Waals surface area contributed by atoms with E-state index in [1.807, 2.05) is 39.8 Å². The van der Waals surface area contributed by atoms with E-state index in [0.717, 1.165) is 33.9 Å². The minimum Gasteiger partial charge on any atom is -0.467 e. The van der Waals surface area contributed by atoms with Gasteiger partial charge in [-0.1, -0.05) is 12.1 Å². The number of aryl methyl sites for hydroxylation is 3. The zero-order valence-electron chi connectivity index (χ0n) is 20.3. The van der Waals surface area contributed by atoms with Gasteiger partial charge in [0.2, 0.25) is 5.91 Å². The number of hydrogen-bond acceptors (Lipinski definition) is 6. The molecule has 2 N–H and O–H groups in total. The Labute approximate surface area is 203 Å². The van der Waals surface area contributed by atoms with Gasteiger partial charge in [-0.3, -0.25) is 9.59 Å². The maximum absolute atomic E-state index is 12.7. The van der Waals surface area contributed by atoms with Gasteiger partial charge in [-0.25, -0.2) is 14.6 Å². The van der Waals surface area contributed by atoms with Crippen LogP contribution < -0.4 is 10.6 Å². The summed E-state index contributed by atoms with van der Waals surface area (Å²) in [6, 6.07) is 12.6. The van der Waals surface area contributed by atoms with Gasteiger partial charge >= 0.3 is 0 Å². The highest BCUT2D eigenvalue weighted by Crippen LogP contribution is 2.17. The lowest BCUT2D eigenvalue weighted by Gasteiger charge is -2.09. The van der Waals surface area contributed by atoms with E-state index >= 15 is 0 Å². The second kappa shape index (κ2) is 10.3. The van der Waals surface area contributed by atoms with Crippen LogP contribution in [0.25, 0.3) is 5.95 Å². The molecule has 0 radical (unpaired) electrons. The van der Waals surface area contributed by atoms with Crippen LogP contribution in [0.3, 0.4) is 0 Å². The molecule has 35 heavy (non-hydrogen) atoms. The van der Waals surface area contributed by atoms with Gasteiger partial charge in [-0.05, 0) is 63.6 Å². The zero-order chi connectivity index (χ0) is 24.9. The molecule has 0 atom stereocenters. The van der Waals surface area contributed by atoms with Gasteiger partial charge in [0.25, 0.3) is 11.9 Å². The van der Waals surface area contributed by atoms with E-state index in [1.165, 1.54) is 0 Å². The fourth-order valence-electron chi connectivity index (χ4n) is 3.86. The Balaban J connectivity index is 1.38. The summed E-state index contributed by atoms with van der Waals surface area (Å²) in [7, 11) is 0. The van der Waals surface area contributed by atoms with Crippen LogP contribution in [-0.4, -0.2) is 31.6 Å². The summed E-state index contributed by atoms with van der Waals surface area (Å²) in [6.45, 7) is 8.23. The van der Waals surface area contributed by atoms with Crippen molar-refractivity contribution in [2.45, 2.75) is 47.2 Å². The van der Waals surface area contributed by atoms with Crippen molar-refractivity contribution < 1.29 is 14.0 Å². The minimum absolute atomic E-state index is 0.134. The normalized spacial score (nSPS) is 10.9. The van der Waals surface area contributed by atoms with Gasteiger partial charge < -0.3 is 15.1 Å². The summed E-state index contributed by atoms with van der Waals surface area (Å²) in [5, 5.41) is 10.3. The van der Waals surface area contributed by atoms with E-state index in [4.69, 9.17) is 4.42 Å². The van der Waals surface area contributed by atoms with E-state index in [9.17, 15) is 9.59 Å². The Bertz CT molecular complexity index is 1340. The van der Waals surface area contributed by atoms with Crippen LogP contribution in [0.4, 0.5) is 0 Å². The van der Waals surface area contributed by atoms with E-state index in [0.29, 0.717) is 30.4 Å². The predicted octanol–water partition coefficient (Wildman–Crippen LogP) is 3.28.